The van der Waals surface area contributed by atoms with Crippen LogP contribution in [0.4, 0.5) is 0 Å². The maximum Gasteiger partial charge on any atom is 0.343 e. The molecule has 41 heavy (non-hydrogen) atoms. The zero-order valence-corrected chi connectivity index (χ0v) is 23.7. The molecule has 0 aliphatic rings. The molecule has 3 aromatic rings. The van der Waals surface area contributed by atoms with Crippen LogP contribution in [0, 0.1) is 0 Å². The topological polar surface area (TPSA) is 134 Å². The van der Waals surface area contributed by atoms with Gasteiger partial charge in [-0.05, 0) is 54.4 Å². The van der Waals surface area contributed by atoms with E-state index in [0.717, 1.165) is 0 Å². The van der Waals surface area contributed by atoms with Crippen LogP contribution in [-0.2, 0) is 4.79 Å². The lowest BCUT2D eigenvalue weighted by Gasteiger charge is -2.14. The van der Waals surface area contributed by atoms with Crippen molar-refractivity contribution in [1.29, 1.82) is 0 Å². The number of nitrogens with one attached hydrogen (secondary N) is 2. The highest BCUT2D eigenvalue weighted by atomic mass is 35.5. The zero-order chi connectivity index (χ0) is 29.8. The van der Waals surface area contributed by atoms with Crippen LogP contribution in [-0.4, -0.2) is 59.0 Å². The summed E-state index contributed by atoms with van der Waals surface area (Å²) in [6.07, 6.45) is 1.99. The Kier molecular flexibility index (Phi) is 11.4. The lowest BCUT2D eigenvalue weighted by atomic mass is 10.1. The summed E-state index contributed by atoms with van der Waals surface area (Å²) in [5.74, 6) is 0.111. The van der Waals surface area contributed by atoms with Gasteiger partial charge in [-0.2, -0.15) is 5.10 Å². The summed E-state index contributed by atoms with van der Waals surface area (Å²) in [6.45, 7) is 0.300. The number of ether oxygens (including phenoxy) is 5. The molecule has 0 unspecified atom stereocenters. The number of rotatable bonds is 13. The van der Waals surface area contributed by atoms with Crippen LogP contribution in [0.2, 0.25) is 5.02 Å². The summed E-state index contributed by atoms with van der Waals surface area (Å²) in [7, 11) is 5.79. The molecule has 0 saturated heterocycles. The number of esters is 1. The van der Waals surface area contributed by atoms with E-state index >= 15 is 0 Å². The van der Waals surface area contributed by atoms with E-state index in [1.54, 1.807) is 42.5 Å². The summed E-state index contributed by atoms with van der Waals surface area (Å²) in [4.78, 5) is 37.1. The van der Waals surface area contributed by atoms with E-state index in [9.17, 15) is 14.4 Å². The minimum absolute atomic E-state index is 0.152. The molecule has 0 fully saturated rings. The highest BCUT2D eigenvalue weighted by Crippen LogP contribution is 2.38. The summed E-state index contributed by atoms with van der Waals surface area (Å²) in [5, 5.41) is 7.04. The third-order valence-electron chi connectivity index (χ3n) is 5.68. The van der Waals surface area contributed by atoms with Crippen molar-refractivity contribution < 1.29 is 38.1 Å². The van der Waals surface area contributed by atoms with Gasteiger partial charge in [-0.15, -0.1) is 0 Å². The van der Waals surface area contributed by atoms with Crippen molar-refractivity contribution in [3.05, 3.63) is 76.3 Å². The molecule has 11 nitrogen and oxygen atoms in total. The molecule has 12 heteroatoms. The number of carbonyl (C=O) groups is 3. The first-order valence-electron chi connectivity index (χ1n) is 12.4. The first kappa shape index (κ1) is 30.8. The van der Waals surface area contributed by atoms with Crippen LogP contribution in [0.15, 0.2) is 59.7 Å². The number of benzene rings is 3. The second-order valence-corrected chi connectivity index (χ2v) is 8.75. The van der Waals surface area contributed by atoms with E-state index in [1.807, 2.05) is 0 Å². The second-order valence-electron chi connectivity index (χ2n) is 8.35. The summed E-state index contributed by atoms with van der Waals surface area (Å²) in [5.41, 5.74) is 3.57. The van der Waals surface area contributed by atoms with Crippen LogP contribution in [0.1, 0.15) is 39.1 Å². The number of hydrazone groups is 1. The van der Waals surface area contributed by atoms with Gasteiger partial charge in [0.1, 0.15) is 0 Å². The summed E-state index contributed by atoms with van der Waals surface area (Å²) >= 11 is 6.01. The quantitative estimate of drug-likeness (QED) is 0.100. The van der Waals surface area contributed by atoms with E-state index in [2.05, 4.69) is 15.8 Å². The molecule has 216 valence electrons. The molecule has 0 saturated carbocycles. The maximum atomic E-state index is 12.9. The van der Waals surface area contributed by atoms with Gasteiger partial charge in [-0.1, -0.05) is 23.7 Å². The summed E-state index contributed by atoms with van der Waals surface area (Å²) in [6, 6.07) is 14.5. The first-order valence-corrected chi connectivity index (χ1v) is 12.7. The fraction of sp³-hybridized carbons (Fsp3) is 0.241. The Morgan fingerprint density at radius 3 is 2.17 bits per heavy atom. The molecule has 0 bridgehead atoms. The lowest BCUT2D eigenvalue weighted by Crippen LogP contribution is -2.26. The molecule has 0 spiro atoms. The lowest BCUT2D eigenvalue weighted by molar-refractivity contribution is -0.121. The number of carbonyl (C=O) groups excluding carboxylic acids is 3. The van der Waals surface area contributed by atoms with Crippen molar-refractivity contribution in [3.63, 3.8) is 0 Å². The zero-order valence-electron chi connectivity index (χ0n) is 23.0. The van der Waals surface area contributed by atoms with Crippen molar-refractivity contribution in [2.75, 3.05) is 35.0 Å². The molecule has 0 atom stereocenters. The Bertz CT molecular complexity index is 1400. The molecule has 3 aromatic carbocycles. The molecule has 2 amide bonds. The molecule has 0 aliphatic heterocycles. The van der Waals surface area contributed by atoms with Gasteiger partial charge in [0.15, 0.2) is 23.0 Å². The van der Waals surface area contributed by atoms with E-state index in [-0.39, 0.29) is 35.3 Å². The first-order chi connectivity index (χ1) is 19.8. The normalized spacial score (nSPS) is 10.6. The Morgan fingerprint density at radius 2 is 1.54 bits per heavy atom. The number of hydrogen-bond acceptors (Lipinski definition) is 9. The third kappa shape index (κ3) is 8.36. The van der Waals surface area contributed by atoms with E-state index in [1.165, 1.54) is 46.8 Å². The van der Waals surface area contributed by atoms with Crippen molar-refractivity contribution >= 4 is 35.6 Å². The van der Waals surface area contributed by atoms with Gasteiger partial charge in [0.2, 0.25) is 11.7 Å². The van der Waals surface area contributed by atoms with Gasteiger partial charge in [-0.25, -0.2) is 10.2 Å². The van der Waals surface area contributed by atoms with Gasteiger partial charge < -0.3 is 29.0 Å². The molecule has 0 heterocycles. The molecule has 3 rings (SSSR count). The number of halogens is 1. The van der Waals surface area contributed by atoms with Crippen LogP contribution < -0.4 is 34.4 Å². The largest absolute Gasteiger partial charge is 0.493 e. The Balaban J connectivity index is 1.53. The van der Waals surface area contributed by atoms with Crippen LogP contribution in [0.25, 0.3) is 0 Å². The average molecular weight is 584 g/mol. The predicted octanol–water partition coefficient (Wildman–Crippen LogP) is 4.25. The van der Waals surface area contributed by atoms with Crippen LogP contribution >= 0.6 is 11.6 Å². The number of methoxy groups -OCH3 is 4. The molecular weight excluding hydrogens is 554 g/mol. The smallest absolute Gasteiger partial charge is 0.343 e. The fourth-order valence-electron chi connectivity index (χ4n) is 3.63. The fourth-order valence-corrected chi connectivity index (χ4v) is 3.85. The Hall–Kier alpha value is -4.77. The minimum atomic E-state index is -0.667. The SMILES string of the molecule is COc1cc(/C=N/NC(=O)CCCNC(=O)c2ccccc2Cl)ccc1OC(=O)c1cc(OC)c(OC)c(OC)c1. The van der Waals surface area contributed by atoms with Gasteiger partial charge >= 0.3 is 5.97 Å². The molecular formula is C29H30ClN3O8. The molecule has 0 aliphatic carbocycles. The standard InChI is InChI=1S/C29H30ClN3O8/c1-37-23-14-18(17-32-33-26(34)10-7-13-31-28(35)20-8-5-6-9-21(20)30)11-12-22(23)41-29(36)19-15-24(38-2)27(40-4)25(16-19)39-3/h5-6,8-9,11-12,14-17H,7,10,13H2,1-4H3,(H,31,35)(H,33,34)/b32-17+. The van der Waals surface area contributed by atoms with Crippen LogP contribution in [0.3, 0.4) is 0 Å². The number of nitrogens with zero attached hydrogens (tertiary/aromatic N) is 1. The highest BCUT2D eigenvalue weighted by Gasteiger charge is 2.19. The molecule has 0 aromatic heterocycles. The van der Waals surface area contributed by atoms with Crippen molar-refractivity contribution in [2.24, 2.45) is 5.10 Å². The Labute approximate surface area is 242 Å². The molecule has 0 radical (unpaired) electrons. The highest BCUT2D eigenvalue weighted by molar-refractivity contribution is 6.33. The second kappa shape index (κ2) is 15.1. The maximum absolute atomic E-state index is 12.9. The van der Waals surface area contributed by atoms with Crippen molar-refractivity contribution in [3.8, 4) is 28.7 Å². The van der Waals surface area contributed by atoms with Gasteiger partial charge in [0.25, 0.3) is 5.91 Å². The van der Waals surface area contributed by atoms with E-state index < -0.39 is 5.97 Å². The van der Waals surface area contributed by atoms with Gasteiger partial charge in [-0.3, -0.25) is 9.59 Å². The molecule has 2 N–H and O–H groups in total. The van der Waals surface area contributed by atoms with Crippen molar-refractivity contribution in [1.82, 2.24) is 10.7 Å². The number of hydrogen-bond donors (Lipinski definition) is 2. The van der Waals surface area contributed by atoms with E-state index in [0.29, 0.717) is 46.4 Å². The Morgan fingerprint density at radius 1 is 0.854 bits per heavy atom. The average Bonchev–Trinajstić information content (AvgIpc) is 2.99. The summed E-state index contributed by atoms with van der Waals surface area (Å²) < 4.78 is 26.8. The number of amides is 2. The third-order valence-corrected chi connectivity index (χ3v) is 6.01. The van der Waals surface area contributed by atoms with Crippen molar-refractivity contribution in [2.45, 2.75) is 12.8 Å². The predicted molar refractivity (Wildman–Crippen MR) is 153 cm³/mol. The van der Waals surface area contributed by atoms with Gasteiger partial charge in [0, 0.05) is 13.0 Å². The van der Waals surface area contributed by atoms with Crippen LogP contribution in [0.5, 0.6) is 28.7 Å². The minimum Gasteiger partial charge on any atom is -0.493 e. The van der Waals surface area contributed by atoms with E-state index in [4.69, 9.17) is 35.3 Å². The van der Waals surface area contributed by atoms with Gasteiger partial charge in [0.05, 0.1) is 50.8 Å². The monoisotopic (exact) mass is 583 g/mol.